The highest BCUT2D eigenvalue weighted by Crippen LogP contribution is 2.05. The molecule has 0 unspecified atom stereocenters. The monoisotopic (exact) mass is 227 g/mol. The highest BCUT2D eigenvalue weighted by molar-refractivity contribution is 5.43. The van der Waals surface area contributed by atoms with Crippen LogP contribution < -0.4 is 10.6 Å². The van der Waals surface area contributed by atoms with Crippen LogP contribution in [-0.4, -0.2) is 18.1 Å². The summed E-state index contributed by atoms with van der Waals surface area (Å²) in [4.78, 5) is 4.38. The van der Waals surface area contributed by atoms with Crippen LogP contribution in [0.2, 0.25) is 0 Å². The zero-order valence-electron chi connectivity index (χ0n) is 9.98. The Balaban J connectivity index is 1.73. The first-order valence-electron chi connectivity index (χ1n) is 5.81. The molecule has 0 spiro atoms. The molecule has 0 fully saturated rings. The predicted octanol–water partition coefficient (Wildman–Crippen LogP) is 2.91. The zero-order valence-corrected chi connectivity index (χ0v) is 9.98. The minimum atomic E-state index is 0.853. The van der Waals surface area contributed by atoms with E-state index in [1.807, 2.05) is 43.3 Å². The van der Waals surface area contributed by atoms with Gasteiger partial charge in [-0.1, -0.05) is 24.3 Å². The number of nitrogens with zero attached hydrogens (tertiary/aromatic N) is 1. The fraction of sp³-hybridized carbons (Fsp3) is 0.214. The van der Waals surface area contributed by atoms with Crippen molar-refractivity contribution in [3.05, 3.63) is 54.2 Å². The molecule has 0 aliphatic carbocycles. The summed E-state index contributed by atoms with van der Waals surface area (Å²) in [6, 6.07) is 16.2. The van der Waals surface area contributed by atoms with E-state index in [0.717, 1.165) is 30.3 Å². The Labute approximate surface area is 102 Å². The minimum Gasteiger partial charge on any atom is -0.383 e. The molecule has 88 valence electrons. The van der Waals surface area contributed by atoms with Crippen LogP contribution >= 0.6 is 0 Å². The van der Waals surface area contributed by atoms with Crippen molar-refractivity contribution in [3.8, 4) is 0 Å². The summed E-state index contributed by atoms with van der Waals surface area (Å²) >= 11 is 0. The van der Waals surface area contributed by atoms with Crippen molar-refractivity contribution >= 4 is 11.5 Å². The van der Waals surface area contributed by atoms with Gasteiger partial charge >= 0.3 is 0 Å². The third kappa shape index (κ3) is 3.79. The molecule has 17 heavy (non-hydrogen) atoms. The van der Waals surface area contributed by atoms with Crippen LogP contribution in [0.1, 0.15) is 5.69 Å². The maximum atomic E-state index is 4.38. The van der Waals surface area contributed by atoms with E-state index in [2.05, 4.69) is 27.8 Å². The number of benzene rings is 1. The number of para-hydroxylation sites is 1. The van der Waals surface area contributed by atoms with Gasteiger partial charge in [0.25, 0.3) is 0 Å². The van der Waals surface area contributed by atoms with Crippen molar-refractivity contribution in [1.82, 2.24) is 4.98 Å². The van der Waals surface area contributed by atoms with Gasteiger partial charge in [0.05, 0.1) is 0 Å². The molecular weight excluding hydrogens is 210 g/mol. The Bertz CT molecular complexity index is 454. The second-order valence-corrected chi connectivity index (χ2v) is 3.88. The third-order valence-corrected chi connectivity index (χ3v) is 2.42. The molecule has 2 N–H and O–H groups in total. The highest BCUT2D eigenvalue weighted by atomic mass is 15.0. The SMILES string of the molecule is Cc1cccc(NCCNc2ccccc2)n1. The van der Waals surface area contributed by atoms with Gasteiger partial charge in [0.1, 0.15) is 5.82 Å². The van der Waals surface area contributed by atoms with E-state index in [9.17, 15) is 0 Å². The average Bonchev–Trinajstić information content (AvgIpc) is 2.36. The van der Waals surface area contributed by atoms with Crippen molar-refractivity contribution in [2.75, 3.05) is 23.7 Å². The topological polar surface area (TPSA) is 37.0 Å². The van der Waals surface area contributed by atoms with Gasteiger partial charge in [0, 0.05) is 24.5 Å². The number of aryl methyl sites for hydroxylation is 1. The Morgan fingerprint density at radius 2 is 1.65 bits per heavy atom. The summed E-state index contributed by atoms with van der Waals surface area (Å²) < 4.78 is 0. The lowest BCUT2D eigenvalue weighted by Crippen LogP contribution is -2.14. The lowest BCUT2D eigenvalue weighted by Gasteiger charge is -2.08. The number of rotatable bonds is 5. The lowest BCUT2D eigenvalue weighted by atomic mass is 10.3. The molecule has 3 nitrogen and oxygen atoms in total. The molecule has 0 saturated heterocycles. The van der Waals surface area contributed by atoms with E-state index >= 15 is 0 Å². The number of hydrogen-bond acceptors (Lipinski definition) is 3. The van der Waals surface area contributed by atoms with E-state index < -0.39 is 0 Å². The first-order valence-corrected chi connectivity index (χ1v) is 5.81. The van der Waals surface area contributed by atoms with E-state index in [4.69, 9.17) is 0 Å². The van der Waals surface area contributed by atoms with Crippen molar-refractivity contribution in [2.45, 2.75) is 6.92 Å². The van der Waals surface area contributed by atoms with Crippen LogP contribution in [0.3, 0.4) is 0 Å². The van der Waals surface area contributed by atoms with Gasteiger partial charge in [0.15, 0.2) is 0 Å². The number of aromatic nitrogens is 1. The van der Waals surface area contributed by atoms with Crippen molar-refractivity contribution in [1.29, 1.82) is 0 Å². The second kappa shape index (κ2) is 5.89. The van der Waals surface area contributed by atoms with Crippen LogP contribution in [-0.2, 0) is 0 Å². The van der Waals surface area contributed by atoms with Gasteiger partial charge < -0.3 is 10.6 Å². The molecule has 1 heterocycles. The highest BCUT2D eigenvalue weighted by Gasteiger charge is 1.93. The van der Waals surface area contributed by atoms with E-state index in [1.54, 1.807) is 0 Å². The van der Waals surface area contributed by atoms with Gasteiger partial charge in [-0.15, -0.1) is 0 Å². The summed E-state index contributed by atoms with van der Waals surface area (Å²) in [5.41, 5.74) is 2.18. The van der Waals surface area contributed by atoms with Crippen molar-refractivity contribution < 1.29 is 0 Å². The molecule has 1 aromatic carbocycles. The molecule has 0 bridgehead atoms. The molecule has 0 aliphatic heterocycles. The Hall–Kier alpha value is -2.03. The number of hydrogen-bond donors (Lipinski definition) is 2. The first kappa shape index (κ1) is 11.5. The van der Waals surface area contributed by atoms with Gasteiger partial charge in [-0.2, -0.15) is 0 Å². The molecule has 2 rings (SSSR count). The van der Waals surface area contributed by atoms with E-state index in [-0.39, 0.29) is 0 Å². The largest absolute Gasteiger partial charge is 0.383 e. The van der Waals surface area contributed by atoms with Gasteiger partial charge in [-0.05, 0) is 31.2 Å². The summed E-state index contributed by atoms with van der Waals surface area (Å²) in [6.07, 6.45) is 0. The maximum Gasteiger partial charge on any atom is 0.126 e. The third-order valence-electron chi connectivity index (χ3n) is 2.42. The quantitative estimate of drug-likeness (QED) is 0.771. The minimum absolute atomic E-state index is 0.853. The average molecular weight is 227 g/mol. The molecular formula is C14H17N3. The summed E-state index contributed by atoms with van der Waals surface area (Å²) in [6.45, 7) is 3.72. The normalized spacial score (nSPS) is 9.94. The lowest BCUT2D eigenvalue weighted by molar-refractivity contribution is 1.05. The number of anilines is 2. The van der Waals surface area contributed by atoms with Crippen LogP contribution in [0.25, 0.3) is 0 Å². The van der Waals surface area contributed by atoms with Gasteiger partial charge in [-0.3, -0.25) is 0 Å². The fourth-order valence-electron chi connectivity index (χ4n) is 1.59. The van der Waals surface area contributed by atoms with Crippen LogP contribution in [0, 0.1) is 6.92 Å². The molecule has 0 atom stereocenters. The molecule has 1 aromatic heterocycles. The molecule has 2 aromatic rings. The summed E-state index contributed by atoms with van der Waals surface area (Å²) in [5, 5.41) is 6.62. The summed E-state index contributed by atoms with van der Waals surface area (Å²) in [5.74, 6) is 0.930. The molecule has 0 radical (unpaired) electrons. The predicted molar refractivity (Wildman–Crippen MR) is 72.4 cm³/mol. The van der Waals surface area contributed by atoms with Gasteiger partial charge in [-0.25, -0.2) is 4.98 Å². The van der Waals surface area contributed by atoms with Crippen LogP contribution in [0.15, 0.2) is 48.5 Å². The Morgan fingerprint density at radius 3 is 2.41 bits per heavy atom. The van der Waals surface area contributed by atoms with Gasteiger partial charge in [0.2, 0.25) is 0 Å². The Kier molecular flexibility index (Phi) is 3.97. The molecule has 0 saturated carbocycles. The number of pyridine rings is 1. The standard InChI is InChI=1S/C14H17N3/c1-12-6-5-9-14(17-12)16-11-10-15-13-7-3-2-4-8-13/h2-9,15H,10-11H2,1H3,(H,16,17). The van der Waals surface area contributed by atoms with Crippen molar-refractivity contribution in [2.24, 2.45) is 0 Å². The smallest absolute Gasteiger partial charge is 0.126 e. The molecule has 3 heteroatoms. The fourth-order valence-corrected chi connectivity index (χ4v) is 1.59. The maximum absolute atomic E-state index is 4.38. The number of nitrogens with one attached hydrogen (secondary N) is 2. The van der Waals surface area contributed by atoms with Crippen LogP contribution in [0.4, 0.5) is 11.5 Å². The van der Waals surface area contributed by atoms with Crippen LogP contribution in [0.5, 0.6) is 0 Å². The van der Waals surface area contributed by atoms with Crippen molar-refractivity contribution in [3.63, 3.8) is 0 Å². The zero-order chi connectivity index (χ0) is 11.9. The Morgan fingerprint density at radius 1 is 0.882 bits per heavy atom. The molecule has 0 aliphatic rings. The second-order valence-electron chi connectivity index (χ2n) is 3.88. The molecule has 0 amide bonds. The summed E-state index contributed by atoms with van der Waals surface area (Å²) in [7, 11) is 0. The van der Waals surface area contributed by atoms with E-state index in [0.29, 0.717) is 0 Å². The first-order chi connectivity index (χ1) is 8.34. The van der Waals surface area contributed by atoms with E-state index in [1.165, 1.54) is 0 Å².